The van der Waals surface area contributed by atoms with Crippen LogP contribution >= 0.6 is 17.0 Å². The molecule has 128 valence electrons. The van der Waals surface area contributed by atoms with Crippen molar-refractivity contribution < 1.29 is 10.2 Å². The van der Waals surface area contributed by atoms with Gasteiger partial charge in [0.25, 0.3) is 0 Å². The standard InChI is InChI=1S/C18H26N2O2.BrH/c1-4-6-10-20(11-7-5-2)14-12-13(3)19-18-16(22)9-8-15(21)17(14)18;/h8-9,12,21-22H,4-7,10-11H2,1-3H3;1H. The van der Waals surface area contributed by atoms with E-state index in [1.165, 1.54) is 12.1 Å². The van der Waals surface area contributed by atoms with E-state index >= 15 is 0 Å². The second kappa shape index (κ2) is 8.96. The van der Waals surface area contributed by atoms with Gasteiger partial charge in [-0.2, -0.15) is 0 Å². The van der Waals surface area contributed by atoms with Crippen LogP contribution in [0.3, 0.4) is 0 Å². The summed E-state index contributed by atoms with van der Waals surface area (Å²) in [6, 6.07) is 5.04. The summed E-state index contributed by atoms with van der Waals surface area (Å²) in [5, 5.41) is 21.0. The van der Waals surface area contributed by atoms with Gasteiger partial charge in [0, 0.05) is 18.8 Å². The van der Waals surface area contributed by atoms with Crippen molar-refractivity contribution in [2.24, 2.45) is 0 Å². The lowest BCUT2D eigenvalue weighted by Gasteiger charge is -2.26. The van der Waals surface area contributed by atoms with Crippen LogP contribution in [0.15, 0.2) is 18.2 Å². The molecule has 0 atom stereocenters. The Morgan fingerprint density at radius 2 is 1.57 bits per heavy atom. The van der Waals surface area contributed by atoms with Crippen LogP contribution in [0.5, 0.6) is 11.5 Å². The number of halogens is 1. The number of unbranched alkanes of at least 4 members (excludes halogenated alkanes) is 2. The number of benzene rings is 1. The number of aromatic nitrogens is 1. The van der Waals surface area contributed by atoms with Crippen molar-refractivity contribution in [3.63, 3.8) is 0 Å². The Morgan fingerprint density at radius 3 is 2.13 bits per heavy atom. The Hall–Kier alpha value is -1.49. The molecule has 2 aromatic rings. The molecule has 0 spiro atoms. The van der Waals surface area contributed by atoms with Gasteiger partial charge in [-0.05, 0) is 38.0 Å². The van der Waals surface area contributed by atoms with E-state index in [2.05, 4.69) is 23.7 Å². The van der Waals surface area contributed by atoms with Gasteiger partial charge in [-0.1, -0.05) is 26.7 Å². The van der Waals surface area contributed by atoms with Crippen LogP contribution in [0.25, 0.3) is 10.9 Å². The topological polar surface area (TPSA) is 56.6 Å². The molecule has 0 bridgehead atoms. The second-order valence-corrected chi connectivity index (χ2v) is 5.80. The van der Waals surface area contributed by atoms with Gasteiger partial charge in [-0.15, -0.1) is 17.0 Å². The molecule has 1 heterocycles. The summed E-state index contributed by atoms with van der Waals surface area (Å²) in [4.78, 5) is 6.71. The highest BCUT2D eigenvalue weighted by Gasteiger charge is 2.16. The second-order valence-electron chi connectivity index (χ2n) is 5.80. The van der Waals surface area contributed by atoms with E-state index in [-0.39, 0.29) is 28.5 Å². The summed E-state index contributed by atoms with van der Waals surface area (Å²) >= 11 is 0. The van der Waals surface area contributed by atoms with Crippen molar-refractivity contribution in [1.82, 2.24) is 4.98 Å². The van der Waals surface area contributed by atoms with E-state index in [1.54, 1.807) is 0 Å². The molecule has 0 amide bonds. The summed E-state index contributed by atoms with van der Waals surface area (Å²) in [6.45, 7) is 8.17. The van der Waals surface area contributed by atoms with E-state index in [9.17, 15) is 10.2 Å². The van der Waals surface area contributed by atoms with E-state index < -0.39 is 0 Å². The van der Waals surface area contributed by atoms with Crippen LogP contribution in [0, 0.1) is 6.92 Å². The van der Waals surface area contributed by atoms with Gasteiger partial charge in [-0.3, -0.25) is 0 Å². The quantitative estimate of drug-likeness (QED) is 0.665. The average molecular weight is 383 g/mol. The molecule has 1 aromatic heterocycles. The van der Waals surface area contributed by atoms with E-state index in [1.807, 2.05) is 13.0 Å². The minimum Gasteiger partial charge on any atom is -0.507 e. The lowest BCUT2D eigenvalue weighted by atomic mass is 10.1. The van der Waals surface area contributed by atoms with Crippen molar-refractivity contribution >= 4 is 33.6 Å². The fourth-order valence-electron chi connectivity index (χ4n) is 2.71. The first-order chi connectivity index (χ1) is 10.6. The number of hydrogen-bond donors (Lipinski definition) is 2. The maximum absolute atomic E-state index is 10.3. The molecule has 0 aliphatic carbocycles. The third kappa shape index (κ3) is 4.50. The molecule has 2 N–H and O–H groups in total. The molecule has 1 aromatic carbocycles. The highest BCUT2D eigenvalue weighted by atomic mass is 79.9. The summed E-state index contributed by atoms with van der Waals surface area (Å²) in [6.07, 6.45) is 4.46. The summed E-state index contributed by atoms with van der Waals surface area (Å²) in [5.74, 6) is 0.289. The Kier molecular flexibility index (Phi) is 7.62. The SMILES string of the molecule is Br.CCCCN(CCCC)c1cc(C)nc2c(O)ccc(O)c12. The third-order valence-electron chi connectivity index (χ3n) is 3.93. The molecular weight excluding hydrogens is 356 g/mol. The van der Waals surface area contributed by atoms with Gasteiger partial charge >= 0.3 is 0 Å². The molecule has 23 heavy (non-hydrogen) atoms. The van der Waals surface area contributed by atoms with Gasteiger partial charge in [0.2, 0.25) is 0 Å². The fraction of sp³-hybridized carbons (Fsp3) is 0.500. The van der Waals surface area contributed by atoms with Crippen molar-refractivity contribution in [2.45, 2.75) is 46.5 Å². The van der Waals surface area contributed by atoms with Crippen LogP contribution in [0.4, 0.5) is 5.69 Å². The zero-order chi connectivity index (χ0) is 16.1. The Balaban J connectivity index is 0.00000264. The molecule has 0 fully saturated rings. The first kappa shape index (κ1) is 19.6. The summed E-state index contributed by atoms with van der Waals surface area (Å²) in [5.41, 5.74) is 2.30. The zero-order valence-electron chi connectivity index (χ0n) is 14.2. The maximum Gasteiger partial charge on any atom is 0.142 e. The van der Waals surface area contributed by atoms with Gasteiger partial charge in [-0.25, -0.2) is 4.98 Å². The number of fused-ring (bicyclic) bond motifs is 1. The van der Waals surface area contributed by atoms with Crippen molar-refractivity contribution in [3.05, 3.63) is 23.9 Å². The van der Waals surface area contributed by atoms with E-state index in [4.69, 9.17) is 0 Å². The highest BCUT2D eigenvalue weighted by molar-refractivity contribution is 8.93. The van der Waals surface area contributed by atoms with Crippen LogP contribution in [0.1, 0.15) is 45.2 Å². The predicted molar refractivity (Wildman–Crippen MR) is 102 cm³/mol. The summed E-state index contributed by atoms with van der Waals surface area (Å²) in [7, 11) is 0. The van der Waals surface area contributed by atoms with Crippen molar-refractivity contribution in [3.8, 4) is 11.5 Å². The fourth-order valence-corrected chi connectivity index (χ4v) is 2.71. The van der Waals surface area contributed by atoms with E-state index in [0.717, 1.165) is 50.2 Å². The molecular formula is C18H27BrN2O2. The Labute approximate surface area is 148 Å². The van der Waals surface area contributed by atoms with Crippen molar-refractivity contribution in [2.75, 3.05) is 18.0 Å². The number of hydrogen-bond acceptors (Lipinski definition) is 4. The first-order valence-corrected chi connectivity index (χ1v) is 8.15. The van der Waals surface area contributed by atoms with Gasteiger partial charge < -0.3 is 15.1 Å². The number of aryl methyl sites for hydroxylation is 1. The highest BCUT2D eigenvalue weighted by Crippen LogP contribution is 2.38. The minimum absolute atomic E-state index is 0. The molecule has 2 rings (SSSR count). The number of rotatable bonds is 7. The molecule has 0 unspecified atom stereocenters. The molecule has 0 saturated heterocycles. The maximum atomic E-state index is 10.3. The normalized spacial score (nSPS) is 10.6. The van der Waals surface area contributed by atoms with Crippen LogP contribution in [-0.4, -0.2) is 28.3 Å². The summed E-state index contributed by atoms with van der Waals surface area (Å²) < 4.78 is 0. The lowest BCUT2D eigenvalue weighted by molar-refractivity contribution is 0.468. The molecule has 4 nitrogen and oxygen atoms in total. The van der Waals surface area contributed by atoms with Crippen LogP contribution < -0.4 is 4.90 Å². The molecule has 0 aliphatic heterocycles. The Morgan fingerprint density at radius 1 is 1.00 bits per heavy atom. The van der Waals surface area contributed by atoms with E-state index in [0.29, 0.717) is 10.9 Å². The minimum atomic E-state index is 0. The third-order valence-corrected chi connectivity index (χ3v) is 3.93. The number of phenols is 2. The number of nitrogens with zero attached hydrogens (tertiary/aromatic N) is 2. The zero-order valence-corrected chi connectivity index (χ0v) is 15.9. The number of aromatic hydroxyl groups is 2. The van der Waals surface area contributed by atoms with Gasteiger partial charge in [0.1, 0.15) is 17.0 Å². The first-order valence-electron chi connectivity index (χ1n) is 8.15. The smallest absolute Gasteiger partial charge is 0.142 e. The number of pyridine rings is 1. The molecule has 0 aliphatic rings. The lowest BCUT2D eigenvalue weighted by Crippen LogP contribution is -2.26. The molecule has 0 saturated carbocycles. The monoisotopic (exact) mass is 382 g/mol. The number of anilines is 1. The number of phenolic OH excluding ortho intramolecular Hbond substituents is 2. The van der Waals surface area contributed by atoms with Gasteiger partial charge in [0.15, 0.2) is 0 Å². The predicted octanol–water partition coefficient (Wildman–Crippen LogP) is 4.94. The molecule has 0 radical (unpaired) electrons. The molecule has 5 heteroatoms. The van der Waals surface area contributed by atoms with Crippen molar-refractivity contribution in [1.29, 1.82) is 0 Å². The largest absolute Gasteiger partial charge is 0.507 e. The average Bonchev–Trinajstić information content (AvgIpc) is 2.50. The Bertz CT molecular complexity index is 638. The van der Waals surface area contributed by atoms with Crippen LogP contribution in [0.2, 0.25) is 0 Å². The van der Waals surface area contributed by atoms with Gasteiger partial charge in [0.05, 0.1) is 11.1 Å². The van der Waals surface area contributed by atoms with Crippen LogP contribution in [-0.2, 0) is 0 Å².